The molecule has 0 radical (unpaired) electrons. The lowest BCUT2D eigenvalue weighted by atomic mass is 10.2. The highest BCUT2D eigenvalue weighted by Gasteiger charge is 2.77. The fourth-order valence-corrected chi connectivity index (χ4v) is 1.48. The molecule has 2 unspecified atom stereocenters. The van der Waals surface area contributed by atoms with Gasteiger partial charge < -0.3 is 4.74 Å². The van der Waals surface area contributed by atoms with Gasteiger partial charge in [-0.05, 0) is 0 Å². The number of hydrogen-bond donors (Lipinski definition) is 0. The van der Waals surface area contributed by atoms with Gasteiger partial charge in [0.15, 0.2) is 0 Å². The Kier molecular flexibility index (Phi) is 9.14. The summed E-state index contributed by atoms with van der Waals surface area (Å²) < 4.78 is 256. The summed E-state index contributed by atoms with van der Waals surface area (Å²) in [5.74, 6) is -23.5. The maximum absolute atomic E-state index is 13.0. The lowest BCUT2D eigenvalue weighted by Crippen LogP contribution is -2.59. The molecule has 0 fully saturated rings. The number of hydrogen-bond acceptors (Lipinski definition) is 5. The fourth-order valence-electron chi connectivity index (χ4n) is 1.48. The van der Waals surface area contributed by atoms with Gasteiger partial charge in [-0.1, -0.05) is 0 Å². The van der Waals surface area contributed by atoms with Gasteiger partial charge in [0.05, 0.1) is 0 Å². The van der Waals surface area contributed by atoms with E-state index in [2.05, 4.69) is 4.74 Å². The van der Waals surface area contributed by atoms with Crippen LogP contribution in [0, 0.1) is 0 Å². The molecular weight excluding hydrogens is 604 g/mol. The van der Waals surface area contributed by atoms with Crippen LogP contribution in [0.2, 0.25) is 0 Å². The van der Waals surface area contributed by atoms with Gasteiger partial charge in [-0.2, -0.15) is 87.8 Å². The first-order valence-corrected chi connectivity index (χ1v) is 7.63. The van der Waals surface area contributed by atoms with Crippen molar-refractivity contribution in [3.8, 4) is 0 Å². The van der Waals surface area contributed by atoms with E-state index in [-0.39, 0.29) is 0 Å². The van der Waals surface area contributed by atoms with Crippen LogP contribution < -0.4 is 0 Å². The molecule has 0 aromatic carbocycles. The van der Waals surface area contributed by atoms with Crippen LogP contribution in [0.25, 0.3) is 0 Å². The van der Waals surface area contributed by atoms with Crippen LogP contribution in [0.5, 0.6) is 0 Å². The van der Waals surface area contributed by atoms with Gasteiger partial charge in [-0.3, -0.25) is 9.47 Å². The number of carbonyl (C=O) groups is 2. The van der Waals surface area contributed by atoms with E-state index in [1.807, 2.05) is 9.47 Å². The monoisotopic (exact) mass is 606 g/mol. The molecule has 0 aromatic rings. The smallest absolute Gasteiger partial charge is 0.389 e. The Morgan fingerprint density at radius 1 is 0.432 bits per heavy atom. The van der Waals surface area contributed by atoms with Crippen LogP contribution in [0.1, 0.15) is 0 Å². The predicted molar refractivity (Wildman–Crippen MR) is 64.9 cm³/mol. The number of carbonyl (C=O) groups excluding carboxylic acids is 2. The van der Waals surface area contributed by atoms with Crippen LogP contribution in [0.4, 0.5) is 87.8 Å². The second-order valence-electron chi connectivity index (χ2n) is 6.00. The lowest BCUT2D eigenvalue weighted by Gasteiger charge is -2.31. The minimum atomic E-state index is -7.59. The number of esters is 2. The Labute approximate surface area is 186 Å². The van der Waals surface area contributed by atoms with E-state index in [9.17, 15) is 97.4 Å². The van der Waals surface area contributed by atoms with Crippen LogP contribution in [0.3, 0.4) is 0 Å². The highest BCUT2D eigenvalue weighted by atomic mass is 19.4. The maximum Gasteiger partial charge on any atom is 0.462 e. The SMILES string of the molecule is O=C(OC(=O)C(OC(F)(F)C(F)(F)C(F)(F)F)C(F)(F)F)C(OC(F)(F)C(F)(F)C(F)(F)F)C(F)(F)F. The van der Waals surface area contributed by atoms with Gasteiger partial charge in [-0.15, -0.1) is 0 Å². The van der Waals surface area contributed by atoms with Crippen LogP contribution in [-0.2, 0) is 23.8 Å². The molecule has 0 saturated carbocycles. The average Bonchev–Trinajstić information content (AvgIpc) is 2.60. The molecule has 220 valence electrons. The molecule has 0 spiro atoms. The van der Waals surface area contributed by atoms with Crippen molar-refractivity contribution in [2.45, 2.75) is 61.0 Å². The van der Waals surface area contributed by atoms with Gasteiger partial charge in [0.2, 0.25) is 0 Å². The fraction of sp³-hybridized carbons (Fsp3) is 0.833. The van der Waals surface area contributed by atoms with E-state index in [1.165, 1.54) is 0 Å². The van der Waals surface area contributed by atoms with Crippen molar-refractivity contribution >= 4 is 11.9 Å². The van der Waals surface area contributed by atoms with E-state index in [0.717, 1.165) is 0 Å². The first-order chi connectivity index (χ1) is 15.7. The zero-order valence-electron chi connectivity index (χ0n) is 15.8. The van der Waals surface area contributed by atoms with E-state index < -0.39 is 72.9 Å². The van der Waals surface area contributed by atoms with E-state index >= 15 is 0 Å². The van der Waals surface area contributed by atoms with Gasteiger partial charge in [0, 0.05) is 0 Å². The third kappa shape index (κ3) is 7.37. The van der Waals surface area contributed by atoms with E-state index in [1.54, 1.807) is 0 Å². The molecular formula is C12H2F20O5. The summed E-state index contributed by atoms with van der Waals surface area (Å²) in [5.41, 5.74) is 0. The minimum Gasteiger partial charge on any atom is -0.389 e. The van der Waals surface area contributed by atoms with Crippen molar-refractivity contribution < 1.29 is 112 Å². The molecule has 0 rings (SSSR count). The average molecular weight is 606 g/mol. The summed E-state index contributed by atoms with van der Waals surface area (Å²) in [6.07, 6.45) is -54.7. The Morgan fingerprint density at radius 3 is 0.811 bits per heavy atom. The van der Waals surface area contributed by atoms with Crippen molar-refractivity contribution in [3.63, 3.8) is 0 Å². The third-order valence-electron chi connectivity index (χ3n) is 3.20. The van der Waals surface area contributed by atoms with Gasteiger partial charge in [0.25, 0.3) is 12.2 Å². The van der Waals surface area contributed by atoms with Crippen LogP contribution >= 0.6 is 0 Å². The van der Waals surface area contributed by atoms with Gasteiger partial charge in [0.1, 0.15) is 0 Å². The standard InChI is InChI=1S/C12H2F20O5/c13-5(14,15)1(36-11(29,30)7(19,20)9(23,24)25)3(33)35-4(34)2(6(16,17)18)37-12(31,32)8(21,22)10(26,27)28/h1-2H. The summed E-state index contributed by atoms with van der Waals surface area (Å²) in [7, 11) is 0. The number of alkyl halides is 20. The number of ether oxygens (including phenoxy) is 3. The van der Waals surface area contributed by atoms with Gasteiger partial charge in [-0.25, -0.2) is 9.59 Å². The number of rotatable bonds is 8. The summed E-state index contributed by atoms with van der Waals surface area (Å²) in [5, 5.41) is 0. The predicted octanol–water partition coefficient (Wildman–Crippen LogP) is 5.53. The lowest BCUT2D eigenvalue weighted by molar-refractivity contribution is -0.443. The Balaban J connectivity index is 6.23. The van der Waals surface area contributed by atoms with Crippen molar-refractivity contribution in [1.29, 1.82) is 0 Å². The topological polar surface area (TPSA) is 61.8 Å². The highest BCUT2D eigenvalue weighted by Crippen LogP contribution is 2.50. The third-order valence-corrected chi connectivity index (χ3v) is 3.20. The molecule has 2 atom stereocenters. The normalized spacial score (nSPS) is 16.9. The molecule has 0 amide bonds. The van der Waals surface area contributed by atoms with Gasteiger partial charge >= 0.3 is 60.7 Å². The first-order valence-electron chi connectivity index (χ1n) is 7.63. The molecule has 25 heteroatoms. The number of halogens is 20. The largest absolute Gasteiger partial charge is 0.462 e. The molecule has 0 aromatic heterocycles. The minimum absolute atomic E-state index is 1.93. The molecule has 0 aliphatic rings. The molecule has 5 nitrogen and oxygen atoms in total. The zero-order chi connectivity index (χ0) is 30.4. The summed E-state index contributed by atoms with van der Waals surface area (Å²) in [6.45, 7) is 0. The van der Waals surface area contributed by atoms with E-state index in [4.69, 9.17) is 0 Å². The molecule has 37 heavy (non-hydrogen) atoms. The van der Waals surface area contributed by atoms with Crippen molar-refractivity contribution in [2.75, 3.05) is 0 Å². The van der Waals surface area contributed by atoms with Crippen LogP contribution in [0.15, 0.2) is 0 Å². The van der Waals surface area contributed by atoms with Crippen molar-refractivity contribution in [3.05, 3.63) is 0 Å². The molecule has 0 aliphatic carbocycles. The second kappa shape index (κ2) is 9.76. The maximum atomic E-state index is 13.0. The Morgan fingerprint density at radius 2 is 0.649 bits per heavy atom. The zero-order valence-corrected chi connectivity index (χ0v) is 15.8. The summed E-state index contributed by atoms with van der Waals surface area (Å²) in [6, 6.07) is 0. The molecule has 0 saturated heterocycles. The molecule has 0 heterocycles. The first kappa shape index (κ1) is 34.7. The quantitative estimate of drug-likeness (QED) is 0.207. The highest BCUT2D eigenvalue weighted by molar-refractivity contribution is 5.90. The van der Waals surface area contributed by atoms with Crippen LogP contribution in [-0.4, -0.2) is 72.9 Å². The second-order valence-corrected chi connectivity index (χ2v) is 6.00. The summed E-state index contributed by atoms with van der Waals surface area (Å²) in [4.78, 5) is 22.2. The summed E-state index contributed by atoms with van der Waals surface area (Å²) >= 11 is 0. The van der Waals surface area contributed by atoms with Crippen molar-refractivity contribution in [1.82, 2.24) is 0 Å². The van der Waals surface area contributed by atoms with Crippen molar-refractivity contribution in [2.24, 2.45) is 0 Å². The molecule has 0 N–H and O–H groups in total. The molecule has 0 aliphatic heterocycles. The Bertz CT molecular complexity index is 765. The van der Waals surface area contributed by atoms with E-state index in [0.29, 0.717) is 0 Å². The molecule has 0 bridgehead atoms. The Hall–Kier alpha value is -2.34.